The van der Waals surface area contributed by atoms with Crippen molar-refractivity contribution in [3.8, 4) is 0 Å². The summed E-state index contributed by atoms with van der Waals surface area (Å²) in [6, 6.07) is 0. The van der Waals surface area contributed by atoms with E-state index in [1.54, 1.807) is 18.9 Å². The molecule has 2 rings (SSSR count). The molecule has 1 atom stereocenters. The number of carboxylic acid groups (broad SMARTS) is 1. The quantitative estimate of drug-likeness (QED) is 0.452. The van der Waals surface area contributed by atoms with E-state index in [1.165, 1.54) is 32.1 Å². The first-order valence-electron chi connectivity index (χ1n) is 11.9. The number of likely N-dealkylation sites (N-methyl/N-ethyl adjacent to an activating group) is 1. The van der Waals surface area contributed by atoms with Gasteiger partial charge in [0.15, 0.2) is 5.82 Å². The maximum Gasteiger partial charge on any atom is 0.320 e. The molecule has 0 amide bonds. The molecular weight excluding hydrogens is 410 g/mol. The molecule has 0 aliphatic heterocycles. The zero-order valence-corrected chi connectivity index (χ0v) is 20.5. The minimum atomic E-state index is -0.864. The van der Waals surface area contributed by atoms with Crippen LogP contribution >= 0.6 is 0 Å². The third-order valence-electron chi connectivity index (χ3n) is 6.98. The lowest BCUT2D eigenvalue weighted by Crippen LogP contribution is -2.37. The monoisotopic (exact) mass is 451 g/mol. The number of nitrogens with zero attached hydrogens (tertiary/aromatic N) is 3. The standard InChI is InChI=1S/C24H41N3O5/c1-6-31-21(30)17-27(5)16-19-25-22(32-26-19)18(15-20(28)29)11-10-14-24(23(2,3)4)12-8-7-9-13-24/h18H,6-17H2,1-5H3,(H,28,29). The van der Waals surface area contributed by atoms with Gasteiger partial charge in [-0.15, -0.1) is 0 Å². The molecule has 0 aromatic carbocycles. The maximum absolute atomic E-state index is 11.6. The maximum atomic E-state index is 11.6. The van der Waals surface area contributed by atoms with Gasteiger partial charge in [-0.25, -0.2) is 0 Å². The van der Waals surface area contributed by atoms with Gasteiger partial charge in [-0.05, 0) is 50.5 Å². The molecule has 1 aromatic rings. The van der Waals surface area contributed by atoms with E-state index in [4.69, 9.17) is 9.26 Å². The Bertz CT molecular complexity index is 734. The van der Waals surface area contributed by atoms with Crippen LogP contribution in [0.3, 0.4) is 0 Å². The van der Waals surface area contributed by atoms with Crippen molar-refractivity contribution in [3.05, 3.63) is 11.7 Å². The van der Waals surface area contributed by atoms with E-state index in [1.807, 2.05) is 0 Å². The Hall–Kier alpha value is -1.96. The first-order chi connectivity index (χ1) is 15.1. The summed E-state index contributed by atoms with van der Waals surface area (Å²) in [6.45, 7) is 9.58. The molecule has 1 saturated carbocycles. The Morgan fingerprint density at radius 1 is 1.25 bits per heavy atom. The number of hydrogen-bond donors (Lipinski definition) is 1. The Balaban J connectivity index is 1.99. The van der Waals surface area contributed by atoms with Crippen molar-refractivity contribution in [1.82, 2.24) is 15.0 Å². The summed E-state index contributed by atoms with van der Waals surface area (Å²) in [5.74, 6) is -0.652. The summed E-state index contributed by atoms with van der Waals surface area (Å²) in [7, 11) is 1.78. The van der Waals surface area contributed by atoms with Crippen molar-refractivity contribution < 1.29 is 24.0 Å². The molecule has 1 N–H and O–H groups in total. The number of aromatic nitrogens is 2. The van der Waals surface area contributed by atoms with E-state index in [-0.39, 0.29) is 30.3 Å². The van der Waals surface area contributed by atoms with Crippen molar-refractivity contribution in [3.63, 3.8) is 0 Å². The van der Waals surface area contributed by atoms with Crippen LogP contribution in [0, 0.1) is 10.8 Å². The fraction of sp³-hybridized carbons (Fsp3) is 0.833. The molecule has 0 radical (unpaired) electrons. The van der Waals surface area contributed by atoms with Gasteiger partial charge in [0.1, 0.15) is 0 Å². The molecule has 0 saturated heterocycles. The van der Waals surface area contributed by atoms with E-state index in [0.29, 0.717) is 36.7 Å². The zero-order valence-electron chi connectivity index (χ0n) is 20.5. The van der Waals surface area contributed by atoms with Crippen LogP contribution in [0.25, 0.3) is 0 Å². The first kappa shape index (κ1) is 26.3. The fourth-order valence-electron chi connectivity index (χ4n) is 5.04. The van der Waals surface area contributed by atoms with E-state index in [2.05, 4.69) is 30.9 Å². The van der Waals surface area contributed by atoms with E-state index < -0.39 is 5.97 Å². The Morgan fingerprint density at radius 2 is 1.94 bits per heavy atom. The van der Waals surface area contributed by atoms with Crippen molar-refractivity contribution >= 4 is 11.9 Å². The molecular formula is C24H41N3O5. The minimum Gasteiger partial charge on any atom is -0.481 e. The van der Waals surface area contributed by atoms with Crippen molar-refractivity contribution in [2.45, 2.75) is 97.9 Å². The topological polar surface area (TPSA) is 106 Å². The molecule has 8 heteroatoms. The molecule has 1 heterocycles. The van der Waals surface area contributed by atoms with Gasteiger partial charge in [0.2, 0.25) is 5.89 Å². The average molecular weight is 452 g/mol. The Labute approximate surface area is 192 Å². The largest absolute Gasteiger partial charge is 0.481 e. The highest BCUT2D eigenvalue weighted by atomic mass is 16.5. The summed E-state index contributed by atoms with van der Waals surface area (Å²) in [5, 5.41) is 13.4. The number of hydrogen-bond acceptors (Lipinski definition) is 7. The summed E-state index contributed by atoms with van der Waals surface area (Å²) >= 11 is 0. The molecule has 8 nitrogen and oxygen atoms in total. The van der Waals surface area contributed by atoms with Crippen LogP contribution in [-0.4, -0.2) is 52.3 Å². The van der Waals surface area contributed by atoms with E-state index in [9.17, 15) is 14.7 Å². The molecule has 1 aliphatic carbocycles. The van der Waals surface area contributed by atoms with Gasteiger partial charge in [-0.3, -0.25) is 14.5 Å². The Morgan fingerprint density at radius 3 is 2.53 bits per heavy atom. The number of ether oxygens (including phenoxy) is 1. The summed E-state index contributed by atoms with van der Waals surface area (Å²) in [5.41, 5.74) is 0.547. The lowest BCUT2D eigenvalue weighted by Gasteiger charge is -2.48. The minimum absolute atomic E-state index is 0.0250. The second-order valence-corrected chi connectivity index (χ2v) is 10.3. The summed E-state index contributed by atoms with van der Waals surface area (Å²) in [6.07, 6.45) is 9.09. The van der Waals surface area contributed by atoms with Crippen LogP contribution in [-0.2, 0) is 20.9 Å². The summed E-state index contributed by atoms with van der Waals surface area (Å²) in [4.78, 5) is 29.3. The van der Waals surface area contributed by atoms with E-state index in [0.717, 1.165) is 12.8 Å². The number of aliphatic carboxylic acids is 1. The number of carbonyl (C=O) groups is 2. The van der Waals surface area contributed by atoms with Crippen molar-refractivity contribution in [2.24, 2.45) is 10.8 Å². The zero-order chi connectivity index (χ0) is 23.8. The van der Waals surface area contributed by atoms with Crippen molar-refractivity contribution in [1.29, 1.82) is 0 Å². The Kier molecular flexibility index (Phi) is 9.67. The van der Waals surface area contributed by atoms with Crippen LogP contribution in [0.1, 0.15) is 103 Å². The second-order valence-electron chi connectivity index (χ2n) is 10.3. The second kappa shape index (κ2) is 11.8. The third kappa shape index (κ3) is 7.57. The summed E-state index contributed by atoms with van der Waals surface area (Å²) < 4.78 is 10.4. The van der Waals surface area contributed by atoms with Gasteiger partial charge in [-0.1, -0.05) is 51.6 Å². The lowest BCUT2D eigenvalue weighted by molar-refractivity contribution is -0.144. The highest BCUT2D eigenvalue weighted by Gasteiger charge is 2.42. The van der Waals surface area contributed by atoms with Gasteiger partial charge in [0.25, 0.3) is 0 Å². The molecule has 1 fully saturated rings. The van der Waals surface area contributed by atoms with Crippen LogP contribution < -0.4 is 0 Å². The van der Waals surface area contributed by atoms with Gasteiger partial charge in [0.05, 0.1) is 26.1 Å². The van der Waals surface area contributed by atoms with Gasteiger partial charge >= 0.3 is 11.9 Å². The number of carboxylic acids is 1. The van der Waals surface area contributed by atoms with Crippen LogP contribution in [0.4, 0.5) is 0 Å². The smallest absolute Gasteiger partial charge is 0.320 e. The van der Waals surface area contributed by atoms with Crippen molar-refractivity contribution in [2.75, 3.05) is 20.2 Å². The predicted octanol–water partition coefficient (Wildman–Crippen LogP) is 4.79. The van der Waals surface area contributed by atoms with Crippen LogP contribution in [0.15, 0.2) is 4.52 Å². The third-order valence-corrected chi connectivity index (χ3v) is 6.98. The number of esters is 1. The first-order valence-corrected chi connectivity index (χ1v) is 11.9. The normalized spacial score (nSPS) is 17.3. The molecule has 1 unspecified atom stereocenters. The fourth-order valence-corrected chi connectivity index (χ4v) is 5.04. The average Bonchev–Trinajstić information content (AvgIpc) is 3.15. The molecule has 0 bridgehead atoms. The molecule has 0 spiro atoms. The lowest BCUT2D eigenvalue weighted by atomic mass is 9.57. The van der Waals surface area contributed by atoms with E-state index >= 15 is 0 Å². The molecule has 1 aliphatic rings. The van der Waals surface area contributed by atoms with Gasteiger partial charge < -0.3 is 14.4 Å². The van der Waals surface area contributed by atoms with Crippen LogP contribution in [0.2, 0.25) is 0 Å². The molecule has 182 valence electrons. The highest BCUT2D eigenvalue weighted by Crippen LogP contribution is 2.53. The number of rotatable bonds is 12. The highest BCUT2D eigenvalue weighted by molar-refractivity contribution is 5.71. The van der Waals surface area contributed by atoms with Crippen LogP contribution in [0.5, 0.6) is 0 Å². The van der Waals surface area contributed by atoms with Gasteiger partial charge in [-0.2, -0.15) is 4.98 Å². The molecule has 32 heavy (non-hydrogen) atoms. The SMILES string of the molecule is CCOC(=O)CN(C)Cc1noc(C(CCCC2(C(C)(C)C)CCCCC2)CC(=O)O)n1. The number of carbonyl (C=O) groups excluding carboxylic acids is 1. The predicted molar refractivity (Wildman–Crippen MR) is 121 cm³/mol. The molecule has 1 aromatic heterocycles. The van der Waals surface area contributed by atoms with Gasteiger partial charge in [0, 0.05) is 5.92 Å².